The Balaban J connectivity index is 1.94. The molecule has 116 valence electrons. The molecular formula is C13H19N3O3S2. The number of carbonyl (C=O) groups is 2. The maximum absolute atomic E-state index is 12.3. The molecule has 2 N–H and O–H groups in total. The molecular weight excluding hydrogens is 310 g/mol. The van der Waals surface area contributed by atoms with Crippen molar-refractivity contribution in [3.05, 3.63) is 16.6 Å². The number of hydrogen-bond donors (Lipinski definition) is 2. The van der Waals surface area contributed by atoms with Gasteiger partial charge in [-0.1, -0.05) is 13.8 Å². The number of thiazole rings is 1. The van der Waals surface area contributed by atoms with E-state index in [1.807, 2.05) is 19.2 Å². The van der Waals surface area contributed by atoms with Crippen LogP contribution in [0, 0.1) is 5.92 Å². The van der Waals surface area contributed by atoms with Crippen molar-refractivity contribution < 1.29 is 14.7 Å². The normalized spacial score (nSPS) is 21.8. The van der Waals surface area contributed by atoms with E-state index in [9.17, 15) is 14.7 Å². The van der Waals surface area contributed by atoms with Gasteiger partial charge in [0.15, 0.2) is 0 Å². The molecule has 6 nitrogen and oxygen atoms in total. The zero-order valence-corrected chi connectivity index (χ0v) is 13.6. The topological polar surface area (TPSA) is 82.5 Å². The second-order valence-electron chi connectivity index (χ2n) is 5.14. The maximum atomic E-state index is 12.3. The molecule has 2 rings (SSSR count). The third-order valence-corrected chi connectivity index (χ3v) is 5.68. The van der Waals surface area contributed by atoms with Gasteiger partial charge in [0.1, 0.15) is 6.04 Å². The Bertz CT molecular complexity index is 493. The summed E-state index contributed by atoms with van der Waals surface area (Å²) in [6.07, 6.45) is 2.39. The molecule has 0 aliphatic carbocycles. The van der Waals surface area contributed by atoms with Crippen LogP contribution in [0.1, 0.15) is 18.9 Å². The Labute approximate surface area is 131 Å². The number of aromatic nitrogens is 1. The van der Waals surface area contributed by atoms with Gasteiger partial charge in [-0.3, -0.25) is 4.90 Å². The Morgan fingerprint density at radius 3 is 2.90 bits per heavy atom. The molecule has 0 spiro atoms. The van der Waals surface area contributed by atoms with Gasteiger partial charge < -0.3 is 10.4 Å². The number of urea groups is 1. The second kappa shape index (κ2) is 7.13. The summed E-state index contributed by atoms with van der Waals surface area (Å²) >= 11 is 3.07. The average Bonchev–Trinajstić information content (AvgIpc) is 3.07. The highest BCUT2D eigenvalue weighted by Gasteiger charge is 2.42. The van der Waals surface area contributed by atoms with Gasteiger partial charge >= 0.3 is 12.0 Å². The lowest BCUT2D eigenvalue weighted by molar-refractivity contribution is -0.141. The standard InChI is InChI=1S/C13H19N3O3S2/c1-8(2)11-16(9(7-21-11)12(17)18)13(19)15-4-3-10-14-5-6-20-10/h5-6,8-9,11H,3-4,7H2,1-2H3,(H,15,19)(H,17,18). The third kappa shape index (κ3) is 3.88. The lowest BCUT2D eigenvalue weighted by atomic mass is 10.2. The monoisotopic (exact) mass is 329 g/mol. The molecule has 0 saturated carbocycles. The number of aliphatic carboxylic acids is 1. The summed E-state index contributed by atoms with van der Waals surface area (Å²) in [4.78, 5) is 29.3. The minimum absolute atomic E-state index is 0.0917. The summed E-state index contributed by atoms with van der Waals surface area (Å²) in [7, 11) is 0. The van der Waals surface area contributed by atoms with E-state index < -0.39 is 12.0 Å². The zero-order chi connectivity index (χ0) is 15.4. The molecule has 1 fully saturated rings. The molecule has 21 heavy (non-hydrogen) atoms. The molecule has 8 heteroatoms. The number of thioether (sulfide) groups is 1. The first-order chi connectivity index (χ1) is 10.0. The molecule has 1 aliphatic heterocycles. The Morgan fingerprint density at radius 1 is 1.57 bits per heavy atom. The van der Waals surface area contributed by atoms with Crippen molar-refractivity contribution in [3.8, 4) is 0 Å². The van der Waals surface area contributed by atoms with E-state index >= 15 is 0 Å². The summed E-state index contributed by atoms with van der Waals surface area (Å²) in [5.74, 6) is -0.289. The van der Waals surface area contributed by atoms with Crippen LogP contribution in [0.4, 0.5) is 4.79 Å². The predicted octanol–water partition coefficient (Wildman–Crippen LogP) is 1.88. The van der Waals surface area contributed by atoms with Crippen molar-refractivity contribution in [1.82, 2.24) is 15.2 Å². The van der Waals surface area contributed by atoms with Crippen LogP contribution in [0.5, 0.6) is 0 Å². The molecule has 0 aromatic carbocycles. The van der Waals surface area contributed by atoms with Crippen LogP contribution >= 0.6 is 23.1 Å². The van der Waals surface area contributed by atoms with E-state index in [0.29, 0.717) is 18.7 Å². The fourth-order valence-electron chi connectivity index (χ4n) is 2.23. The van der Waals surface area contributed by atoms with Crippen molar-refractivity contribution in [3.63, 3.8) is 0 Å². The second-order valence-corrected chi connectivity index (χ2v) is 7.27. The van der Waals surface area contributed by atoms with Gasteiger partial charge in [0.05, 0.1) is 10.4 Å². The summed E-state index contributed by atoms with van der Waals surface area (Å²) in [6.45, 7) is 4.46. The molecule has 0 radical (unpaired) electrons. The van der Waals surface area contributed by atoms with Crippen LogP contribution in [-0.2, 0) is 11.2 Å². The van der Waals surface area contributed by atoms with Crippen molar-refractivity contribution in [2.75, 3.05) is 12.3 Å². The van der Waals surface area contributed by atoms with Gasteiger partial charge in [-0.05, 0) is 5.92 Å². The number of rotatable bonds is 5. The first-order valence-corrected chi connectivity index (χ1v) is 8.72. The van der Waals surface area contributed by atoms with Crippen molar-refractivity contribution in [2.24, 2.45) is 5.92 Å². The van der Waals surface area contributed by atoms with E-state index in [4.69, 9.17) is 0 Å². The van der Waals surface area contributed by atoms with Crippen LogP contribution in [-0.4, -0.2) is 50.7 Å². The zero-order valence-electron chi connectivity index (χ0n) is 12.0. The predicted molar refractivity (Wildman–Crippen MR) is 83.6 cm³/mol. The molecule has 2 heterocycles. The smallest absolute Gasteiger partial charge is 0.327 e. The molecule has 1 aromatic rings. The fraction of sp³-hybridized carbons (Fsp3) is 0.615. The Morgan fingerprint density at radius 2 is 2.33 bits per heavy atom. The molecule has 2 amide bonds. The van der Waals surface area contributed by atoms with Gasteiger partial charge in [0.2, 0.25) is 0 Å². The summed E-state index contributed by atoms with van der Waals surface area (Å²) in [5.41, 5.74) is 0. The Hall–Kier alpha value is -1.28. The van der Waals surface area contributed by atoms with Gasteiger partial charge in [0, 0.05) is 30.3 Å². The van der Waals surface area contributed by atoms with Crippen LogP contribution in [0.15, 0.2) is 11.6 Å². The SMILES string of the molecule is CC(C)C1SCC(C(=O)O)N1C(=O)NCCc1nccs1. The molecule has 2 unspecified atom stereocenters. The first kappa shape index (κ1) is 16.1. The van der Waals surface area contributed by atoms with Gasteiger partial charge in [-0.2, -0.15) is 0 Å². The summed E-state index contributed by atoms with van der Waals surface area (Å²) < 4.78 is 0. The summed E-state index contributed by atoms with van der Waals surface area (Å²) in [6, 6.07) is -1.05. The van der Waals surface area contributed by atoms with Crippen LogP contribution in [0.25, 0.3) is 0 Å². The van der Waals surface area contributed by atoms with Gasteiger partial charge in [-0.25, -0.2) is 14.6 Å². The largest absolute Gasteiger partial charge is 0.480 e. The quantitative estimate of drug-likeness (QED) is 0.862. The van der Waals surface area contributed by atoms with E-state index in [1.165, 1.54) is 16.7 Å². The van der Waals surface area contributed by atoms with E-state index in [-0.39, 0.29) is 17.3 Å². The number of carboxylic acid groups (broad SMARTS) is 1. The van der Waals surface area contributed by atoms with Crippen LogP contribution in [0.2, 0.25) is 0 Å². The minimum Gasteiger partial charge on any atom is -0.480 e. The highest BCUT2D eigenvalue weighted by molar-refractivity contribution is 8.00. The number of carbonyl (C=O) groups excluding carboxylic acids is 1. The number of carboxylic acids is 1. The lowest BCUT2D eigenvalue weighted by Crippen LogP contribution is -2.51. The Kier molecular flexibility index (Phi) is 5.46. The molecule has 2 atom stereocenters. The van der Waals surface area contributed by atoms with E-state index in [0.717, 1.165) is 5.01 Å². The van der Waals surface area contributed by atoms with E-state index in [2.05, 4.69) is 10.3 Å². The third-order valence-electron chi connectivity index (χ3n) is 3.22. The molecule has 1 aromatic heterocycles. The summed E-state index contributed by atoms with van der Waals surface area (Å²) in [5, 5.41) is 14.8. The highest BCUT2D eigenvalue weighted by Crippen LogP contribution is 2.33. The van der Waals surface area contributed by atoms with Crippen molar-refractivity contribution in [1.29, 1.82) is 0 Å². The molecule has 1 aliphatic rings. The first-order valence-electron chi connectivity index (χ1n) is 6.79. The van der Waals surface area contributed by atoms with Crippen molar-refractivity contribution in [2.45, 2.75) is 31.7 Å². The molecule has 1 saturated heterocycles. The highest BCUT2D eigenvalue weighted by atomic mass is 32.2. The van der Waals surface area contributed by atoms with E-state index in [1.54, 1.807) is 17.5 Å². The minimum atomic E-state index is -0.944. The number of nitrogens with one attached hydrogen (secondary N) is 1. The maximum Gasteiger partial charge on any atom is 0.327 e. The number of nitrogens with zero attached hydrogens (tertiary/aromatic N) is 2. The number of hydrogen-bond acceptors (Lipinski definition) is 5. The molecule has 0 bridgehead atoms. The fourth-order valence-corrected chi connectivity index (χ4v) is 4.32. The van der Waals surface area contributed by atoms with Gasteiger partial charge in [-0.15, -0.1) is 23.1 Å². The average molecular weight is 329 g/mol. The number of amides is 2. The lowest BCUT2D eigenvalue weighted by Gasteiger charge is -2.29. The van der Waals surface area contributed by atoms with Crippen molar-refractivity contribution >= 4 is 35.1 Å². The van der Waals surface area contributed by atoms with Crippen LogP contribution in [0.3, 0.4) is 0 Å². The van der Waals surface area contributed by atoms with Gasteiger partial charge in [0.25, 0.3) is 0 Å². The van der Waals surface area contributed by atoms with Crippen LogP contribution < -0.4 is 5.32 Å².